The molecule has 1 unspecified atom stereocenters. The molecule has 0 aliphatic rings. The zero-order chi connectivity index (χ0) is 15.2. The number of benzene rings is 2. The van der Waals surface area contributed by atoms with Crippen molar-refractivity contribution in [3.05, 3.63) is 63.9 Å². The Hall–Kier alpha value is -1.39. The van der Waals surface area contributed by atoms with Crippen molar-refractivity contribution in [1.82, 2.24) is 0 Å². The standard InChI is InChI=1S/C17H18BrFO2/c1-12(20)2-3-13-4-8-16(9-5-13)21-11-14-6-7-15(18)10-17(14)19/h4-10,12,20H,2-3,11H2,1H3. The number of aliphatic hydroxyl groups excluding tert-OH is 1. The van der Waals surface area contributed by atoms with Crippen LogP contribution in [0.25, 0.3) is 0 Å². The summed E-state index contributed by atoms with van der Waals surface area (Å²) in [5, 5.41) is 9.26. The van der Waals surface area contributed by atoms with Crippen LogP contribution in [0.5, 0.6) is 5.75 Å². The van der Waals surface area contributed by atoms with E-state index in [4.69, 9.17) is 4.74 Å². The van der Waals surface area contributed by atoms with E-state index in [1.165, 1.54) is 6.07 Å². The summed E-state index contributed by atoms with van der Waals surface area (Å²) in [4.78, 5) is 0. The van der Waals surface area contributed by atoms with E-state index in [0.717, 1.165) is 18.4 Å². The van der Waals surface area contributed by atoms with Gasteiger partial charge in [-0.15, -0.1) is 0 Å². The molecule has 0 heterocycles. The maximum atomic E-state index is 13.7. The van der Waals surface area contributed by atoms with Gasteiger partial charge in [-0.1, -0.05) is 34.1 Å². The molecule has 2 nitrogen and oxygen atoms in total. The van der Waals surface area contributed by atoms with Crippen molar-refractivity contribution in [2.75, 3.05) is 0 Å². The van der Waals surface area contributed by atoms with Crippen LogP contribution in [0.4, 0.5) is 4.39 Å². The number of rotatable bonds is 6. The predicted octanol–water partition coefficient (Wildman–Crippen LogP) is 4.48. The quantitative estimate of drug-likeness (QED) is 0.830. The molecule has 1 atom stereocenters. The minimum Gasteiger partial charge on any atom is -0.489 e. The highest BCUT2D eigenvalue weighted by atomic mass is 79.9. The van der Waals surface area contributed by atoms with E-state index in [-0.39, 0.29) is 18.5 Å². The van der Waals surface area contributed by atoms with Gasteiger partial charge in [-0.3, -0.25) is 0 Å². The third-order valence-electron chi connectivity index (χ3n) is 3.18. The Kier molecular flexibility index (Phi) is 5.76. The van der Waals surface area contributed by atoms with Gasteiger partial charge in [0.2, 0.25) is 0 Å². The Labute approximate surface area is 132 Å². The van der Waals surface area contributed by atoms with Crippen molar-refractivity contribution < 1.29 is 14.2 Å². The number of halogens is 2. The van der Waals surface area contributed by atoms with Crippen LogP contribution in [0.2, 0.25) is 0 Å². The first-order chi connectivity index (χ1) is 10.0. The number of hydrogen-bond donors (Lipinski definition) is 1. The normalized spacial score (nSPS) is 12.2. The molecule has 112 valence electrons. The van der Waals surface area contributed by atoms with Gasteiger partial charge in [0.15, 0.2) is 0 Å². The minimum absolute atomic E-state index is 0.201. The third-order valence-corrected chi connectivity index (χ3v) is 3.68. The number of hydrogen-bond acceptors (Lipinski definition) is 2. The van der Waals surface area contributed by atoms with Gasteiger partial charge in [0, 0.05) is 10.0 Å². The summed E-state index contributed by atoms with van der Waals surface area (Å²) in [6.45, 7) is 1.98. The van der Waals surface area contributed by atoms with Crippen LogP contribution < -0.4 is 4.74 Å². The Balaban J connectivity index is 1.91. The highest BCUT2D eigenvalue weighted by Crippen LogP contribution is 2.19. The van der Waals surface area contributed by atoms with Gasteiger partial charge in [-0.05, 0) is 49.6 Å². The van der Waals surface area contributed by atoms with Crippen molar-refractivity contribution in [2.45, 2.75) is 32.5 Å². The van der Waals surface area contributed by atoms with Crippen molar-refractivity contribution >= 4 is 15.9 Å². The molecule has 0 spiro atoms. The van der Waals surface area contributed by atoms with Gasteiger partial charge in [0.1, 0.15) is 18.2 Å². The molecule has 21 heavy (non-hydrogen) atoms. The lowest BCUT2D eigenvalue weighted by atomic mass is 10.1. The third kappa shape index (κ3) is 5.14. The lowest BCUT2D eigenvalue weighted by Crippen LogP contribution is -2.01. The second-order valence-electron chi connectivity index (χ2n) is 5.06. The average molecular weight is 353 g/mol. The molecule has 2 aromatic rings. The van der Waals surface area contributed by atoms with Gasteiger partial charge in [0.05, 0.1) is 6.10 Å². The van der Waals surface area contributed by atoms with Gasteiger partial charge < -0.3 is 9.84 Å². The second kappa shape index (κ2) is 7.57. The summed E-state index contributed by atoms with van der Waals surface area (Å²) in [5.41, 5.74) is 1.68. The summed E-state index contributed by atoms with van der Waals surface area (Å²) in [6.07, 6.45) is 1.28. The molecule has 2 aromatic carbocycles. The molecule has 0 aliphatic carbocycles. The molecule has 0 saturated carbocycles. The minimum atomic E-state index is -0.290. The van der Waals surface area contributed by atoms with Crippen LogP contribution in [0.3, 0.4) is 0 Å². The lowest BCUT2D eigenvalue weighted by molar-refractivity contribution is 0.185. The van der Waals surface area contributed by atoms with E-state index in [2.05, 4.69) is 15.9 Å². The number of aryl methyl sites for hydroxylation is 1. The lowest BCUT2D eigenvalue weighted by Gasteiger charge is -2.09. The van der Waals surface area contributed by atoms with E-state index in [1.807, 2.05) is 24.3 Å². The molecule has 0 radical (unpaired) electrons. The smallest absolute Gasteiger partial charge is 0.130 e. The largest absolute Gasteiger partial charge is 0.489 e. The SMILES string of the molecule is CC(O)CCc1ccc(OCc2ccc(Br)cc2F)cc1. The second-order valence-corrected chi connectivity index (χ2v) is 5.97. The molecular formula is C17H18BrFO2. The van der Waals surface area contributed by atoms with E-state index < -0.39 is 0 Å². The predicted molar refractivity (Wildman–Crippen MR) is 84.9 cm³/mol. The molecule has 1 N–H and O–H groups in total. The van der Waals surface area contributed by atoms with Crippen LogP contribution in [0.1, 0.15) is 24.5 Å². The first-order valence-corrected chi connectivity index (χ1v) is 7.67. The fourth-order valence-corrected chi connectivity index (χ4v) is 2.26. The highest BCUT2D eigenvalue weighted by molar-refractivity contribution is 9.10. The fraction of sp³-hybridized carbons (Fsp3) is 0.294. The van der Waals surface area contributed by atoms with Gasteiger partial charge >= 0.3 is 0 Å². The fourth-order valence-electron chi connectivity index (χ4n) is 1.93. The van der Waals surface area contributed by atoms with Gasteiger partial charge in [0.25, 0.3) is 0 Å². The monoisotopic (exact) mass is 352 g/mol. The first kappa shape index (κ1) is 16.0. The Morgan fingerprint density at radius 3 is 2.52 bits per heavy atom. The highest BCUT2D eigenvalue weighted by Gasteiger charge is 2.04. The molecule has 0 fully saturated rings. The van der Waals surface area contributed by atoms with Crippen LogP contribution in [0, 0.1) is 5.82 Å². The maximum Gasteiger partial charge on any atom is 0.130 e. The van der Waals surface area contributed by atoms with Crippen molar-refractivity contribution in [2.24, 2.45) is 0 Å². The molecule has 0 saturated heterocycles. The Bertz CT molecular complexity index is 582. The van der Waals surface area contributed by atoms with Crippen LogP contribution >= 0.6 is 15.9 Å². The molecule has 2 rings (SSSR count). The molecule has 0 bridgehead atoms. The van der Waals surface area contributed by atoms with E-state index >= 15 is 0 Å². The number of ether oxygens (including phenoxy) is 1. The zero-order valence-corrected chi connectivity index (χ0v) is 13.4. The topological polar surface area (TPSA) is 29.5 Å². The average Bonchev–Trinajstić information content (AvgIpc) is 2.45. The molecule has 0 aliphatic heterocycles. The molecule has 0 aromatic heterocycles. The summed E-state index contributed by atoms with van der Waals surface area (Å²) in [7, 11) is 0. The van der Waals surface area contributed by atoms with Crippen LogP contribution in [0.15, 0.2) is 46.9 Å². The Morgan fingerprint density at radius 2 is 1.90 bits per heavy atom. The number of aliphatic hydroxyl groups is 1. The van der Waals surface area contributed by atoms with Gasteiger partial charge in [-0.2, -0.15) is 0 Å². The van der Waals surface area contributed by atoms with Crippen LogP contribution in [-0.4, -0.2) is 11.2 Å². The maximum absolute atomic E-state index is 13.7. The Morgan fingerprint density at radius 1 is 1.19 bits per heavy atom. The summed E-state index contributed by atoms with van der Waals surface area (Å²) < 4.78 is 20.0. The molecule has 0 amide bonds. The molecule has 4 heteroatoms. The zero-order valence-electron chi connectivity index (χ0n) is 11.9. The van der Waals surface area contributed by atoms with Crippen molar-refractivity contribution in [3.8, 4) is 5.75 Å². The summed E-state index contributed by atoms with van der Waals surface area (Å²) in [6, 6.07) is 12.6. The van der Waals surface area contributed by atoms with E-state index in [9.17, 15) is 9.50 Å². The van der Waals surface area contributed by atoms with E-state index in [1.54, 1.807) is 19.1 Å². The summed E-state index contributed by atoms with van der Waals surface area (Å²) >= 11 is 3.23. The van der Waals surface area contributed by atoms with Gasteiger partial charge in [-0.25, -0.2) is 4.39 Å². The van der Waals surface area contributed by atoms with Crippen molar-refractivity contribution in [3.63, 3.8) is 0 Å². The van der Waals surface area contributed by atoms with Crippen molar-refractivity contribution in [1.29, 1.82) is 0 Å². The van der Waals surface area contributed by atoms with Crippen LogP contribution in [-0.2, 0) is 13.0 Å². The summed E-state index contributed by atoms with van der Waals surface area (Å²) in [5.74, 6) is 0.427. The first-order valence-electron chi connectivity index (χ1n) is 6.88. The van der Waals surface area contributed by atoms with E-state index in [0.29, 0.717) is 15.8 Å². The molecular weight excluding hydrogens is 335 g/mol.